The van der Waals surface area contributed by atoms with Gasteiger partial charge in [0.05, 0.1) is 0 Å². The van der Waals surface area contributed by atoms with Gasteiger partial charge in [-0.1, -0.05) is 12.8 Å². The highest BCUT2D eigenvalue weighted by atomic mass is 32.2. The van der Waals surface area contributed by atoms with Gasteiger partial charge in [0.15, 0.2) is 0 Å². The third-order valence-electron chi connectivity index (χ3n) is 6.03. The van der Waals surface area contributed by atoms with E-state index in [1.165, 1.54) is 62.9 Å². The van der Waals surface area contributed by atoms with Crippen LogP contribution in [-0.4, -0.2) is 23.6 Å². The number of fused-ring (bicyclic) bond motifs is 2. The van der Waals surface area contributed by atoms with Crippen molar-refractivity contribution in [2.75, 3.05) is 11.5 Å². The first-order chi connectivity index (χ1) is 8.40. The number of rotatable bonds is 1. The minimum atomic E-state index is 0.734. The number of nitrogens with one attached hydrogen (secondary N) is 1. The highest BCUT2D eigenvalue weighted by Crippen LogP contribution is 2.58. The first kappa shape index (κ1) is 11.2. The second-order valence-electron chi connectivity index (χ2n) is 6.82. The summed E-state index contributed by atoms with van der Waals surface area (Å²) in [5.41, 5.74) is 0.734. The molecule has 1 N–H and O–H groups in total. The van der Waals surface area contributed by atoms with E-state index in [9.17, 15) is 0 Å². The first-order valence-corrected chi connectivity index (χ1v) is 8.89. The van der Waals surface area contributed by atoms with Gasteiger partial charge in [0.2, 0.25) is 0 Å². The van der Waals surface area contributed by atoms with E-state index in [1.54, 1.807) is 0 Å². The molecule has 3 unspecified atom stereocenters. The van der Waals surface area contributed by atoms with Gasteiger partial charge in [-0.3, -0.25) is 0 Å². The molecule has 0 aromatic heterocycles. The number of hydrogen-bond acceptors (Lipinski definition) is 2. The van der Waals surface area contributed by atoms with Gasteiger partial charge in [0.25, 0.3) is 0 Å². The van der Waals surface area contributed by atoms with E-state index in [4.69, 9.17) is 0 Å². The predicted molar refractivity (Wildman–Crippen MR) is 74.4 cm³/mol. The molecule has 2 aliphatic carbocycles. The van der Waals surface area contributed by atoms with E-state index in [-0.39, 0.29) is 0 Å². The summed E-state index contributed by atoms with van der Waals surface area (Å²) in [7, 11) is 0. The van der Waals surface area contributed by atoms with E-state index in [2.05, 4.69) is 17.1 Å². The minimum absolute atomic E-state index is 0.734. The van der Waals surface area contributed by atoms with Crippen molar-refractivity contribution in [3.63, 3.8) is 0 Å². The molecule has 2 saturated carbocycles. The Labute approximate surface area is 109 Å². The molecule has 4 fully saturated rings. The Kier molecular flexibility index (Phi) is 2.73. The Hall–Kier alpha value is 0.310. The van der Waals surface area contributed by atoms with E-state index in [0.717, 1.165) is 29.3 Å². The molecule has 4 rings (SSSR count). The van der Waals surface area contributed by atoms with Crippen LogP contribution in [0.4, 0.5) is 0 Å². The van der Waals surface area contributed by atoms with Crippen LogP contribution in [0.3, 0.4) is 0 Å². The first-order valence-electron chi connectivity index (χ1n) is 7.74. The lowest BCUT2D eigenvalue weighted by molar-refractivity contribution is 0.115. The van der Waals surface area contributed by atoms with Crippen LogP contribution < -0.4 is 5.32 Å². The fraction of sp³-hybridized carbons (Fsp3) is 1.00. The van der Waals surface area contributed by atoms with Crippen LogP contribution in [0.25, 0.3) is 0 Å². The molecule has 2 saturated heterocycles. The normalized spacial score (nSPS) is 44.8. The van der Waals surface area contributed by atoms with Crippen molar-refractivity contribution in [1.82, 2.24) is 5.32 Å². The van der Waals surface area contributed by atoms with Gasteiger partial charge in [-0.05, 0) is 67.3 Å². The van der Waals surface area contributed by atoms with Crippen LogP contribution in [0.2, 0.25) is 0 Å². The van der Waals surface area contributed by atoms with Crippen molar-refractivity contribution < 1.29 is 0 Å². The average Bonchev–Trinajstić information content (AvgIpc) is 3.18. The molecule has 0 aromatic rings. The second kappa shape index (κ2) is 4.16. The van der Waals surface area contributed by atoms with Gasteiger partial charge in [-0.15, -0.1) is 0 Å². The highest BCUT2D eigenvalue weighted by Gasteiger charge is 2.58. The molecule has 2 aliphatic heterocycles. The van der Waals surface area contributed by atoms with Crippen LogP contribution in [0, 0.1) is 17.3 Å². The molecule has 4 aliphatic rings. The lowest BCUT2D eigenvalue weighted by Gasteiger charge is -2.44. The molecule has 2 heteroatoms. The van der Waals surface area contributed by atoms with Crippen molar-refractivity contribution in [2.24, 2.45) is 17.3 Å². The van der Waals surface area contributed by atoms with Crippen molar-refractivity contribution in [1.29, 1.82) is 0 Å². The quantitative estimate of drug-likeness (QED) is 0.766. The predicted octanol–water partition coefficient (Wildman–Crippen LogP) is 3.44. The molecule has 0 aromatic carbocycles. The summed E-state index contributed by atoms with van der Waals surface area (Å²) in [6, 6.07) is 1.81. The second-order valence-corrected chi connectivity index (χ2v) is 8.05. The van der Waals surface area contributed by atoms with Crippen molar-refractivity contribution in [3.8, 4) is 0 Å². The third-order valence-corrected chi connectivity index (χ3v) is 7.02. The van der Waals surface area contributed by atoms with Crippen molar-refractivity contribution in [2.45, 2.75) is 63.5 Å². The molecule has 0 bridgehead atoms. The zero-order chi connectivity index (χ0) is 11.3. The van der Waals surface area contributed by atoms with Gasteiger partial charge in [-0.25, -0.2) is 0 Å². The maximum Gasteiger partial charge on any atom is 0.0158 e. The topological polar surface area (TPSA) is 12.0 Å². The SMILES string of the molecule is C1CCC2C(C1)NC(C1CC1)C21CCSCC1. The van der Waals surface area contributed by atoms with Gasteiger partial charge < -0.3 is 5.32 Å². The lowest BCUT2D eigenvalue weighted by Crippen LogP contribution is -2.43. The molecule has 1 spiro atoms. The molecule has 17 heavy (non-hydrogen) atoms. The molecule has 3 atom stereocenters. The average molecular weight is 251 g/mol. The summed E-state index contributed by atoms with van der Waals surface area (Å²) < 4.78 is 0. The van der Waals surface area contributed by atoms with Crippen LogP contribution in [0.15, 0.2) is 0 Å². The molecule has 1 nitrogen and oxygen atoms in total. The molecular formula is C15H25NS. The molecule has 96 valence electrons. The Morgan fingerprint density at radius 3 is 2.47 bits per heavy atom. The number of thioether (sulfide) groups is 1. The van der Waals surface area contributed by atoms with E-state index < -0.39 is 0 Å². The Balaban J connectivity index is 1.65. The van der Waals surface area contributed by atoms with Gasteiger partial charge in [0.1, 0.15) is 0 Å². The molecule has 2 heterocycles. The van der Waals surface area contributed by atoms with Gasteiger partial charge >= 0.3 is 0 Å². The molecular weight excluding hydrogens is 226 g/mol. The summed E-state index contributed by atoms with van der Waals surface area (Å²) in [5, 5.41) is 4.11. The Morgan fingerprint density at radius 2 is 1.71 bits per heavy atom. The smallest absolute Gasteiger partial charge is 0.0158 e. The van der Waals surface area contributed by atoms with E-state index in [1.807, 2.05) is 0 Å². The summed E-state index contributed by atoms with van der Waals surface area (Å²) in [5.74, 6) is 4.98. The van der Waals surface area contributed by atoms with Crippen molar-refractivity contribution in [3.05, 3.63) is 0 Å². The van der Waals surface area contributed by atoms with Crippen LogP contribution >= 0.6 is 11.8 Å². The largest absolute Gasteiger partial charge is 0.310 e. The fourth-order valence-corrected chi connectivity index (χ4v) is 6.37. The minimum Gasteiger partial charge on any atom is -0.310 e. The third kappa shape index (κ3) is 1.70. The monoisotopic (exact) mass is 251 g/mol. The van der Waals surface area contributed by atoms with Crippen LogP contribution in [0.5, 0.6) is 0 Å². The lowest BCUT2D eigenvalue weighted by atomic mass is 9.63. The van der Waals surface area contributed by atoms with Crippen LogP contribution in [0.1, 0.15) is 51.4 Å². The Bertz CT molecular complexity index is 289. The molecule has 0 amide bonds. The summed E-state index contributed by atoms with van der Waals surface area (Å²) >= 11 is 2.20. The van der Waals surface area contributed by atoms with Crippen LogP contribution in [-0.2, 0) is 0 Å². The molecule has 0 radical (unpaired) electrons. The van der Waals surface area contributed by atoms with E-state index >= 15 is 0 Å². The Morgan fingerprint density at radius 1 is 0.941 bits per heavy atom. The number of hydrogen-bond donors (Lipinski definition) is 1. The van der Waals surface area contributed by atoms with Gasteiger partial charge in [-0.2, -0.15) is 11.8 Å². The standard InChI is InChI=1S/C15H25NS/c1-2-4-13-12(3-1)15(7-9-17-10-8-15)14(16-13)11-5-6-11/h11-14,16H,1-10H2. The highest BCUT2D eigenvalue weighted by molar-refractivity contribution is 7.99. The fourth-order valence-electron chi connectivity index (χ4n) is 5.11. The maximum absolute atomic E-state index is 4.11. The zero-order valence-corrected chi connectivity index (χ0v) is 11.6. The maximum atomic E-state index is 4.11. The van der Waals surface area contributed by atoms with E-state index in [0.29, 0.717) is 0 Å². The summed E-state index contributed by atoms with van der Waals surface area (Å²) in [4.78, 5) is 0. The van der Waals surface area contributed by atoms with Crippen molar-refractivity contribution >= 4 is 11.8 Å². The zero-order valence-electron chi connectivity index (χ0n) is 10.8. The summed E-state index contributed by atoms with van der Waals surface area (Å²) in [6.07, 6.45) is 12.1. The summed E-state index contributed by atoms with van der Waals surface area (Å²) in [6.45, 7) is 0. The van der Waals surface area contributed by atoms with Gasteiger partial charge in [0, 0.05) is 12.1 Å².